The second-order valence-corrected chi connectivity index (χ2v) is 8.13. The van der Waals surface area contributed by atoms with E-state index in [2.05, 4.69) is 26.1 Å². The fraction of sp³-hybridized carbons (Fsp3) is 0.368. The second-order valence-electron chi connectivity index (χ2n) is 6.08. The number of ketones is 1. The van der Waals surface area contributed by atoms with E-state index in [0.717, 1.165) is 28.9 Å². The van der Waals surface area contributed by atoms with E-state index < -0.39 is 0 Å². The van der Waals surface area contributed by atoms with Crippen LogP contribution in [-0.2, 0) is 16.0 Å². The number of aryl methyl sites for hydroxylation is 1. The molecule has 1 aliphatic rings. The second kappa shape index (κ2) is 8.90. The number of carbonyl (C=O) groups excluding carboxylic acids is 2. The molecule has 0 radical (unpaired) electrons. The molecule has 2 aromatic rings. The normalized spacial score (nSPS) is 15.0. The first-order valence-electron chi connectivity index (χ1n) is 8.59. The highest BCUT2D eigenvalue weighted by atomic mass is 79.9. The third-order valence-electron chi connectivity index (χ3n) is 4.21. The number of anilines is 1. The molecule has 1 saturated heterocycles. The number of hydrogen-bond donors (Lipinski definition) is 1. The summed E-state index contributed by atoms with van der Waals surface area (Å²) in [5, 5.41) is 3.57. The SMILES string of the molecule is CCc1cc(C(=O)c2ccc(Br)cc2)c(NC(=O)CN2CCOCC2)s1. The quantitative estimate of drug-likeness (QED) is 0.703. The number of morpholine rings is 1. The van der Waals surface area contributed by atoms with Crippen LogP contribution < -0.4 is 5.32 Å². The lowest BCUT2D eigenvalue weighted by atomic mass is 10.0. The molecule has 1 aliphatic heterocycles. The largest absolute Gasteiger partial charge is 0.379 e. The standard InChI is InChI=1S/C19H21BrN2O3S/c1-2-15-11-16(18(24)13-3-5-14(20)6-4-13)19(26-15)21-17(23)12-22-7-9-25-10-8-22/h3-6,11H,2,7-10,12H2,1H3,(H,21,23). The Morgan fingerprint density at radius 2 is 1.92 bits per heavy atom. The average molecular weight is 437 g/mol. The minimum atomic E-state index is -0.0961. The van der Waals surface area contributed by atoms with Crippen molar-refractivity contribution >= 4 is 44.0 Å². The Morgan fingerprint density at radius 3 is 2.58 bits per heavy atom. The number of amides is 1. The number of carbonyl (C=O) groups is 2. The fourth-order valence-electron chi connectivity index (χ4n) is 2.76. The summed E-state index contributed by atoms with van der Waals surface area (Å²) >= 11 is 4.85. The first-order valence-corrected chi connectivity index (χ1v) is 10.2. The van der Waals surface area contributed by atoms with Gasteiger partial charge in [-0.15, -0.1) is 11.3 Å². The Kier molecular flexibility index (Phi) is 6.58. The summed E-state index contributed by atoms with van der Waals surface area (Å²) in [7, 11) is 0. The Labute approximate surface area is 165 Å². The van der Waals surface area contributed by atoms with E-state index in [1.807, 2.05) is 25.1 Å². The molecule has 2 heterocycles. The summed E-state index contributed by atoms with van der Waals surface area (Å²) in [5.41, 5.74) is 1.17. The Morgan fingerprint density at radius 1 is 1.23 bits per heavy atom. The first-order chi connectivity index (χ1) is 12.6. The van der Waals surface area contributed by atoms with Crippen LogP contribution in [0.4, 0.5) is 5.00 Å². The number of benzene rings is 1. The molecule has 7 heteroatoms. The van der Waals surface area contributed by atoms with Gasteiger partial charge in [0.15, 0.2) is 5.78 Å². The number of halogens is 1. The highest BCUT2D eigenvalue weighted by Gasteiger charge is 2.20. The topological polar surface area (TPSA) is 58.6 Å². The van der Waals surface area contributed by atoms with Gasteiger partial charge in [0.25, 0.3) is 0 Å². The molecular formula is C19H21BrN2O3S. The van der Waals surface area contributed by atoms with Crippen molar-refractivity contribution in [2.24, 2.45) is 0 Å². The van der Waals surface area contributed by atoms with Crippen LogP contribution in [0.3, 0.4) is 0 Å². The van der Waals surface area contributed by atoms with Crippen molar-refractivity contribution in [3.63, 3.8) is 0 Å². The van der Waals surface area contributed by atoms with Crippen molar-refractivity contribution in [2.45, 2.75) is 13.3 Å². The molecule has 1 fully saturated rings. The van der Waals surface area contributed by atoms with Crippen LogP contribution in [0.1, 0.15) is 27.7 Å². The Bertz CT molecular complexity index is 783. The van der Waals surface area contributed by atoms with Gasteiger partial charge in [-0.3, -0.25) is 14.5 Å². The summed E-state index contributed by atoms with van der Waals surface area (Å²) < 4.78 is 6.23. The smallest absolute Gasteiger partial charge is 0.239 e. The maximum absolute atomic E-state index is 12.9. The van der Waals surface area contributed by atoms with Gasteiger partial charge >= 0.3 is 0 Å². The molecule has 138 valence electrons. The number of rotatable bonds is 6. The molecule has 3 rings (SSSR count). The van der Waals surface area contributed by atoms with E-state index in [1.54, 1.807) is 12.1 Å². The number of nitrogens with zero attached hydrogens (tertiary/aromatic N) is 1. The van der Waals surface area contributed by atoms with Crippen molar-refractivity contribution in [2.75, 3.05) is 38.2 Å². The molecule has 0 unspecified atom stereocenters. The van der Waals surface area contributed by atoms with E-state index in [9.17, 15) is 9.59 Å². The molecule has 26 heavy (non-hydrogen) atoms. The first kappa shape index (κ1) is 19.2. The maximum Gasteiger partial charge on any atom is 0.239 e. The van der Waals surface area contributed by atoms with E-state index in [4.69, 9.17) is 4.74 Å². The minimum Gasteiger partial charge on any atom is -0.379 e. The zero-order valence-corrected chi connectivity index (χ0v) is 17.0. The number of ether oxygens (including phenoxy) is 1. The van der Waals surface area contributed by atoms with Crippen molar-refractivity contribution in [3.8, 4) is 0 Å². The molecule has 0 aliphatic carbocycles. The number of nitrogens with one attached hydrogen (secondary N) is 1. The summed E-state index contributed by atoms with van der Waals surface area (Å²) in [5.74, 6) is -0.170. The number of hydrogen-bond acceptors (Lipinski definition) is 5. The molecule has 1 aromatic carbocycles. The third kappa shape index (κ3) is 4.79. The van der Waals surface area contributed by atoms with E-state index in [-0.39, 0.29) is 11.7 Å². The predicted octanol–water partition coefficient (Wildman–Crippen LogP) is 3.57. The van der Waals surface area contributed by atoms with E-state index in [1.165, 1.54) is 11.3 Å². The summed E-state index contributed by atoms with van der Waals surface area (Å²) in [4.78, 5) is 28.5. The summed E-state index contributed by atoms with van der Waals surface area (Å²) in [6.45, 7) is 5.17. The van der Waals surface area contributed by atoms with Gasteiger partial charge in [0.2, 0.25) is 5.91 Å². The molecule has 0 atom stereocenters. The van der Waals surface area contributed by atoms with Crippen LogP contribution in [0.15, 0.2) is 34.8 Å². The summed E-state index contributed by atoms with van der Waals surface area (Å²) in [6, 6.07) is 9.15. The van der Waals surface area contributed by atoms with Gasteiger partial charge in [-0.2, -0.15) is 0 Å². The van der Waals surface area contributed by atoms with Gasteiger partial charge in [0, 0.05) is 28.0 Å². The van der Waals surface area contributed by atoms with Crippen LogP contribution in [-0.4, -0.2) is 49.4 Å². The lowest BCUT2D eigenvalue weighted by Gasteiger charge is -2.25. The lowest BCUT2D eigenvalue weighted by molar-refractivity contribution is -0.118. The molecule has 0 bridgehead atoms. The highest BCUT2D eigenvalue weighted by Crippen LogP contribution is 2.31. The van der Waals surface area contributed by atoms with Crippen molar-refractivity contribution < 1.29 is 14.3 Å². The third-order valence-corrected chi connectivity index (χ3v) is 5.93. The maximum atomic E-state index is 12.9. The number of thiophene rings is 1. The van der Waals surface area contributed by atoms with Gasteiger partial charge in [-0.25, -0.2) is 0 Å². The zero-order valence-electron chi connectivity index (χ0n) is 14.6. The van der Waals surface area contributed by atoms with Gasteiger partial charge in [-0.05, 0) is 36.8 Å². The fourth-order valence-corrected chi connectivity index (χ4v) is 4.04. The van der Waals surface area contributed by atoms with Crippen LogP contribution in [0.5, 0.6) is 0 Å². The molecule has 0 saturated carbocycles. The van der Waals surface area contributed by atoms with Crippen LogP contribution in [0.25, 0.3) is 0 Å². The van der Waals surface area contributed by atoms with Crippen molar-refractivity contribution in [1.29, 1.82) is 0 Å². The van der Waals surface area contributed by atoms with Crippen LogP contribution >= 0.6 is 27.3 Å². The Hall–Kier alpha value is -1.54. The van der Waals surface area contributed by atoms with Crippen LogP contribution in [0, 0.1) is 0 Å². The molecule has 1 aromatic heterocycles. The van der Waals surface area contributed by atoms with E-state index >= 15 is 0 Å². The summed E-state index contributed by atoms with van der Waals surface area (Å²) in [6.07, 6.45) is 0.824. The molecule has 1 N–H and O–H groups in total. The van der Waals surface area contributed by atoms with Gasteiger partial charge in [0.1, 0.15) is 5.00 Å². The van der Waals surface area contributed by atoms with Gasteiger partial charge in [-0.1, -0.05) is 22.9 Å². The van der Waals surface area contributed by atoms with Gasteiger partial charge in [0.05, 0.1) is 25.3 Å². The minimum absolute atomic E-state index is 0.0740. The zero-order chi connectivity index (χ0) is 18.5. The Balaban J connectivity index is 1.76. The van der Waals surface area contributed by atoms with E-state index in [0.29, 0.717) is 35.9 Å². The molecule has 5 nitrogen and oxygen atoms in total. The highest BCUT2D eigenvalue weighted by molar-refractivity contribution is 9.10. The molecule has 1 amide bonds. The monoisotopic (exact) mass is 436 g/mol. The predicted molar refractivity (Wildman–Crippen MR) is 107 cm³/mol. The van der Waals surface area contributed by atoms with Crippen molar-refractivity contribution in [3.05, 3.63) is 50.8 Å². The van der Waals surface area contributed by atoms with Crippen LogP contribution in [0.2, 0.25) is 0 Å². The average Bonchev–Trinajstić information content (AvgIpc) is 3.05. The lowest BCUT2D eigenvalue weighted by Crippen LogP contribution is -2.41. The van der Waals surface area contributed by atoms with Gasteiger partial charge < -0.3 is 10.1 Å². The van der Waals surface area contributed by atoms with Crippen molar-refractivity contribution in [1.82, 2.24) is 4.90 Å². The molecule has 0 spiro atoms. The molecular weight excluding hydrogens is 416 g/mol.